The molecule has 0 aliphatic carbocycles. The number of rotatable bonds is 2. The Morgan fingerprint density at radius 2 is 2.05 bits per heavy atom. The Morgan fingerprint density at radius 1 is 1.32 bits per heavy atom. The third kappa shape index (κ3) is 2.41. The minimum absolute atomic E-state index is 0.132. The molecule has 2 fully saturated rings. The number of carbonyl (C=O) groups excluding carboxylic acids is 1. The summed E-state index contributed by atoms with van der Waals surface area (Å²) in [7, 11) is 2.19. The number of likely N-dealkylation sites (tertiary alicyclic amines) is 2. The van der Waals surface area contributed by atoms with Gasteiger partial charge in [0.1, 0.15) is 5.69 Å². The highest BCUT2D eigenvalue weighted by Gasteiger charge is 2.39. The molecule has 0 bridgehead atoms. The maximum atomic E-state index is 12.6. The molecule has 1 aromatic rings. The lowest BCUT2D eigenvalue weighted by molar-refractivity contribution is 0.0659. The van der Waals surface area contributed by atoms with Gasteiger partial charge in [0.2, 0.25) is 0 Å². The summed E-state index contributed by atoms with van der Waals surface area (Å²) >= 11 is 1.56. The summed E-state index contributed by atoms with van der Waals surface area (Å²) in [6.07, 6.45) is 4.75. The molecule has 2 atom stereocenters. The molecule has 2 saturated heterocycles. The van der Waals surface area contributed by atoms with Crippen molar-refractivity contribution in [2.75, 3.05) is 20.1 Å². The molecule has 1 aromatic heterocycles. The van der Waals surface area contributed by atoms with Gasteiger partial charge in [0.05, 0.1) is 5.01 Å². The van der Waals surface area contributed by atoms with Crippen molar-refractivity contribution >= 4 is 17.2 Å². The molecule has 1 amide bonds. The number of nitrogens with zero attached hydrogens (tertiary/aromatic N) is 3. The number of likely N-dealkylation sites (N-methyl/N-ethyl adjacent to an activating group) is 1. The minimum Gasteiger partial charge on any atom is -0.333 e. The van der Waals surface area contributed by atoms with Gasteiger partial charge in [0.25, 0.3) is 5.91 Å². The Balaban J connectivity index is 1.77. The van der Waals surface area contributed by atoms with E-state index in [0.717, 1.165) is 24.4 Å². The van der Waals surface area contributed by atoms with Gasteiger partial charge in [-0.2, -0.15) is 0 Å². The van der Waals surface area contributed by atoms with Gasteiger partial charge in [0.15, 0.2) is 0 Å². The molecule has 2 aliphatic rings. The second kappa shape index (κ2) is 5.21. The van der Waals surface area contributed by atoms with Crippen LogP contribution in [-0.2, 0) is 0 Å². The lowest BCUT2D eigenvalue weighted by Crippen LogP contribution is -2.47. The molecule has 0 radical (unpaired) electrons. The van der Waals surface area contributed by atoms with Crippen LogP contribution >= 0.6 is 11.3 Å². The summed E-state index contributed by atoms with van der Waals surface area (Å²) in [6, 6.07) is 0.938. The van der Waals surface area contributed by atoms with Crippen LogP contribution in [0, 0.1) is 6.92 Å². The molecule has 3 rings (SSSR count). The summed E-state index contributed by atoms with van der Waals surface area (Å²) in [5.74, 6) is 0.132. The first kappa shape index (κ1) is 13.1. The Bertz CT molecular complexity index is 473. The molecule has 2 aliphatic heterocycles. The maximum Gasteiger partial charge on any atom is 0.273 e. The Hall–Kier alpha value is -0.940. The van der Waals surface area contributed by atoms with Gasteiger partial charge in [-0.1, -0.05) is 0 Å². The highest BCUT2D eigenvalue weighted by molar-refractivity contribution is 7.09. The fourth-order valence-electron chi connectivity index (χ4n) is 3.48. The zero-order valence-corrected chi connectivity index (χ0v) is 12.4. The van der Waals surface area contributed by atoms with Gasteiger partial charge < -0.3 is 9.80 Å². The minimum atomic E-state index is 0.132. The van der Waals surface area contributed by atoms with Crippen LogP contribution in [0.15, 0.2) is 5.38 Å². The predicted octanol–water partition coefficient (Wildman–Crippen LogP) is 2.15. The van der Waals surface area contributed by atoms with E-state index in [9.17, 15) is 4.79 Å². The van der Waals surface area contributed by atoms with Crippen LogP contribution < -0.4 is 0 Å². The molecule has 5 heteroatoms. The first-order chi connectivity index (χ1) is 9.16. The van der Waals surface area contributed by atoms with Crippen LogP contribution in [0.25, 0.3) is 0 Å². The molecule has 0 spiro atoms. The number of hydrogen-bond acceptors (Lipinski definition) is 4. The largest absolute Gasteiger partial charge is 0.333 e. The predicted molar refractivity (Wildman–Crippen MR) is 76.6 cm³/mol. The third-order valence-corrected chi connectivity index (χ3v) is 5.19. The molecule has 19 heavy (non-hydrogen) atoms. The SMILES string of the molecule is Cc1nc(C(=O)N2CCC[C@H]2[C@H]2CCCN2C)cs1. The van der Waals surface area contributed by atoms with E-state index < -0.39 is 0 Å². The summed E-state index contributed by atoms with van der Waals surface area (Å²) < 4.78 is 0. The second-order valence-corrected chi connectivity index (χ2v) is 6.71. The highest BCUT2D eigenvalue weighted by Crippen LogP contribution is 2.30. The van der Waals surface area contributed by atoms with E-state index in [1.54, 1.807) is 11.3 Å². The van der Waals surface area contributed by atoms with E-state index in [-0.39, 0.29) is 5.91 Å². The van der Waals surface area contributed by atoms with E-state index in [0.29, 0.717) is 17.8 Å². The van der Waals surface area contributed by atoms with Crippen LogP contribution in [0.4, 0.5) is 0 Å². The molecular weight excluding hydrogens is 258 g/mol. The van der Waals surface area contributed by atoms with E-state index in [1.165, 1.54) is 19.4 Å². The van der Waals surface area contributed by atoms with Crippen molar-refractivity contribution in [1.82, 2.24) is 14.8 Å². The molecule has 0 saturated carbocycles. The van der Waals surface area contributed by atoms with Gasteiger partial charge in [-0.15, -0.1) is 11.3 Å². The second-order valence-electron chi connectivity index (χ2n) is 5.65. The standard InChI is InChI=1S/C14H21N3OS/c1-10-15-11(9-19-10)14(18)17-8-4-6-13(17)12-5-3-7-16(12)2/h9,12-13H,3-8H2,1-2H3/t12-,13+/m1/s1. The topological polar surface area (TPSA) is 36.4 Å². The van der Waals surface area contributed by atoms with Crippen molar-refractivity contribution in [3.63, 3.8) is 0 Å². The Morgan fingerprint density at radius 3 is 2.68 bits per heavy atom. The van der Waals surface area contributed by atoms with Crippen molar-refractivity contribution in [1.29, 1.82) is 0 Å². The number of thiazole rings is 1. The average molecular weight is 279 g/mol. The molecule has 3 heterocycles. The van der Waals surface area contributed by atoms with Crippen LogP contribution in [0.1, 0.15) is 41.2 Å². The third-order valence-electron chi connectivity index (χ3n) is 4.42. The lowest BCUT2D eigenvalue weighted by Gasteiger charge is -2.32. The van der Waals surface area contributed by atoms with Gasteiger partial charge in [0, 0.05) is 24.0 Å². The molecule has 104 valence electrons. The van der Waals surface area contributed by atoms with E-state index in [4.69, 9.17) is 0 Å². The molecule has 0 N–H and O–H groups in total. The number of aryl methyl sites for hydroxylation is 1. The van der Waals surface area contributed by atoms with Crippen molar-refractivity contribution in [3.05, 3.63) is 16.1 Å². The van der Waals surface area contributed by atoms with Gasteiger partial charge in [-0.3, -0.25) is 4.79 Å². The average Bonchev–Trinajstić information content (AvgIpc) is 3.07. The van der Waals surface area contributed by atoms with E-state index in [2.05, 4.69) is 21.8 Å². The maximum absolute atomic E-state index is 12.6. The Labute approximate surface area is 118 Å². The number of amides is 1. The number of carbonyl (C=O) groups is 1. The molecule has 0 unspecified atom stereocenters. The Kier molecular flexibility index (Phi) is 3.58. The lowest BCUT2D eigenvalue weighted by atomic mass is 10.0. The normalized spacial score (nSPS) is 28.2. The number of hydrogen-bond donors (Lipinski definition) is 0. The fraction of sp³-hybridized carbons (Fsp3) is 0.714. The van der Waals surface area contributed by atoms with Crippen LogP contribution in [-0.4, -0.2) is 52.9 Å². The molecule has 0 aromatic carbocycles. The zero-order chi connectivity index (χ0) is 13.4. The molecule has 4 nitrogen and oxygen atoms in total. The smallest absolute Gasteiger partial charge is 0.273 e. The summed E-state index contributed by atoms with van der Waals surface area (Å²) in [5.41, 5.74) is 0.634. The molecular formula is C14H21N3OS. The van der Waals surface area contributed by atoms with Crippen LogP contribution in [0.2, 0.25) is 0 Å². The van der Waals surface area contributed by atoms with E-state index in [1.807, 2.05) is 12.3 Å². The van der Waals surface area contributed by atoms with Crippen LogP contribution in [0.3, 0.4) is 0 Å². The van der Waals surface area contributed by atoms with Crippen molar-refractivity contribution in [3.8, 4) is 0 Å². The zero-order valence-electron chi connectivity index (χ0n) is 11.6. The fourth-order valence-corrected chi connectivity index (χ4v) is 4.06. The first-order valence-electron chi connectivity index (χ1n) is 7.10. The van der Waals surface area contributed by atoms with Crippen LogP contribution in [0.5, 0.6) is 0 Å². The van der Waals surface area contributed by atoms with Crippen molar-refractivity contribution in [2.45, 2.75) is 44.7 Å². The van der Waals surface area contributed by atoms with Gasteiger partial charge >= 0.3 is 0 Å². The first-order valence-corrected chi connectivity index (χ1v) is 7.98. The quantitative estimate of drug-likeness (QED) is 0.832. The van der Waals surface area contributed by atoms with Crippen molar-refractivity contribution < 1.29 is 4.79 Å². The highest BCUT2D eigenvalue weighted by atomic mass is 32.1. The summed E-state index contributed by atoms with van der Waals surface area (Å²) in [5, 5.41) is 2.86. The van der Waals surface area contributed by atoms with Crippen molar-refractivity contribution in [2.24, 2.45) is 0 Å². The van der Waals surface area contributed by atoms with Gasteiger partial charge in [-0.25, -0.2) is 4.98 Å². The monoisotopic (exact) mass is 279 g/mol. The van der Waals surface area contributed by atoms with E-state index >= 15 is 0 Å². The summed E-state index contributed by atoms with van der Waals surface area (Å²) in [4.78, 5) is 21.4. The van der Waals surface area contributed by atoms with Gasteiger partial charge in [-0.05, 0) is 46.2 Å². The number of aromatic nitrogens is 1. The summed E-state index contributed by atoms with van der Waals surface area (Å²) in [6.45, 7) is 4.01.